The number of H-pyrrole nitrogens is 1. The van der Waals surface area contributed by atoms with E-state index in [4.69, 9.17) is 21.1 Å². The van der Waals surface area contributed by atoms with E-state index < -0.39 is 43.4 Å². The fourth-order valence-corrected chi connectivity index (χ4v) is 13.2. The second-order valence-electron chi connectivity index (χ2n) is 23.0. The number of rotatable bonds is 19. The van der Waals surface area contributed by atoms with Gasteiger partial charge in [-0.15, -0.1) is 0 Å². The maximum atomic E-state index is 14.2. The molecule has 20 nitrogen and oxygen atoms in total. The van der Waals surface area contributed by atoms with E-state index in [9.17, 15) is 37.7 Å². The molecule has 2 saturated heterocycles. The first-order valence-corrected chi connectivity index (χ1v) is 30.2. The van der Waals surface area contributed by atoms with Crippen LogP contribution in [0.5, 0.6) is 17.2 Å². The molecule has 83 heavy (non-hydrogen) atoms. The molecule has 2 aliphatic carbocycles. The molecule has 2 aromatic heterocycles. The van der Waals surface area contributed by atoms with Crippen LogP contribution in [0.3, 0.4) is 0 Å². The molecule has 4 aromatic carbocycles. The van der Waals surface area contributed by atoms with Crippen LogP contribution in [0, 0.1) is 21.4 Å². The average Bonchev–Trinajstić information content (AvgIpc) is 4.23. The molecule has 5 N–H and O–H groups in total. The number of amides is 4. The van der Waals surface area contributed by atoms with Gasteiger partial charge < -0.3 is 34.9 Å². The van der Waals surface area contributed by atoms with E-state index in [0.717, 1.165) is 92.3 Å². The topological polar surface area (TPSA) is 251 Å². The molecule has 1 saturated carbocycles. The van der Waals surface area contributed by atoms with Crippen LogP contribution in [-0.2, 0) is 26.2 Å². The fourth-order valence-electron chi connectivity index (χ4n) is 12.1. The minimum atomic E-state index is -4.64. The van der Waals surface area contributed by atoms with Crippen molar-refractivity contribution in [2.45, 2.75) is 95.2 Å². The highest BCUT2D eigenvalue weighted by atomic mass is 35.5. The summed E-state index contributed by atoms with van der Waals surface area (Å²) in [5, 5.41) is 23.0. The van der Waals surface area contributed by atoms with Gasteiger partial charge in [-0.1, -0.05) is 49.2 Å². The number of sulfonamides is 1. The number of carbonyl (C=O) groups excluding carboxylic acids is 4. The number of benzene rings is 4. The number of aromatic nitrogens is 2. The Morgan fingerprint density at radius 1 is 0.916 bits per heavy atom. The smallest absolute Gasteiger partial charge is 0.293 e. The maximum absolute atomic E-state index is 14.2. The monoisotopic (exact) mass is 1170 g/mol. The predicted molar refractivity (Wildman–Crippen MR) is 315 cm³/mol. The van der Waals surface area contributed by atoms with Gasteiger partial charge in [-0.2, -0.15) is 0 Å². The van der Waals surface area contributed by atoms with Gasteiger partial charge in [0.15, 0.2) is 0 Å². The quantitative estimate of drug-likeness (QED) is 0.0219. The second-order valence-corrected chi connectivity index (χ2v) is 25.1. The van der Waals surface area contributed by atoms with E-state index in [0.29, 0.717) is 55.5 Å². The van der Waals surface area contributed by atoms with E-state index in [1.807, 2.05) is 24.3 Å². The van der Waals surface area contributed by atoms with Crippen LogP contribution >= 0.6 is 11.6 Å². The number of hydrogen-bond donors (Lipinski definition) is 5. The van der Waals surface area contributed by atoms with Gasteiger partial charge in [0.05, 0.1) is 28.1 Å². The largest absolute Gasteiger partial charge is 0.492 e. The summed E-state index contributed by atoms with van der Waals surface area (Å²) in [5.41, 5.74) is 6.56. The summed E-state index contributed by atoms with van der Waals surface area (Å²) in [7, 11) is -4.64. The van der Waals surface area contributed by atoms with Gasteiger partial charge in [0.25, 0.3) is 27.5 Å². The van der Waals surface area contributed by atoms with Crippen molar-refractivity contribution in [3.8, 4) is 17.2 Å². The van der Waals surface area contributed by atoms with Crippen molar-refractivity contribution in [1.29, 1.82) is 0 Å². The molecule has 6 aromatic rings. The summed E-state index contributed by atoms with van der Waals surface area (Å²) in [4.78, 5) is 76.7. The van der Waals surface area contributed by atoms with Gasteiger partial charge in [-0.05, 0) is 134 Å². The lowest BCUT2D eigenvalue weighted by Crippen LogP contribution is -2.52. The molecule has 11 rings (SSSR count). The third-order valence-corrected chi connectivity index (χ3v) is 18.4. The zero-order valence-corrected chi connectivity index (χ0v) is 48.0. The fraction of sp³-hybridized carbons (Fsp3) is 0.393. The molecule has 22 heteroatoms. The summed E-state index contributed by atoms with van der Waals surface area (Å²) in [6.07, 6.45) is 10.3. The number of nitrogens with one attached hydrogen (secondary N) is 5. The van der Waals surface area contributed by atoms with E-state index in [1.165, 1.54) is 46.0 Å². The molecule has 1 unspecified atom stereocenters. The van der Waals surface area contributed by atoms with Crippen LogP contribution in [0.4, 0.5) is 17.1 Å². The van der Waals surface area contributed by atoms with Crippen molar-refractivity contribution < 1.29 is 42.0 Å². The van der Waals surface area contributed by atoms with Crippen molar-refractivity contribution in [3.05, 3.63) is 146 Å². The van der Waals surface area contributed by atoms with Gasteiger partial charge >= 0.3 is 0 Å². The first-order chi connectivity index (χ1) is 39.9. The van der Waals surface area contributed by atoms with Gasteiger partial charge in [0.1, 0.15) is 41.2 Å². The zero-order chi connectivity index (χ0) is 58.0. The lowest BCUT2D eigenvalue weighted by atomic mass is 9.72. The number of carbonyl (C=O) groups is 4. The van der Waals surface area contributed by atoms with E-state index in [1.54, 1.807) is 36.5 Å². The lowest BCUT2D eigenvalue weighted by Gasteiger charge is -2.39. The predicted octanol–water partition coefficient (Wildman–Crippen LogP) is 9.22. The van der Waals surface area contributed by atoms with Crippen LogP contribution in [-0.4, -0.2) is 121 Å². The van der Waals surface area contributed by atoms with Crippen molar-refractivity contribution in [2.75, 3.05) is 62.6 Å². The van der Waals surface area contributed by atoms with Crippen LogP contribution in [0.25, 0.3) is 16.6 Å². The number of anilines is 2. The van der Waals surface area contributed by atoms with Crippen molar-refractivity contribution in [2.24, 2.45) is 11.3 Å². The van der Waals surface area contributed by atoms with E-state index in [2.05, 4.69) is 66.4 Å². The molecule has 0 spiro atoms. The number of aromatic amines is 1. The number of nitrogens with zero attached hydrogens (tertiary/aromatic N) is 5. The number of piperazine rings is 1. The Morgan fingerprint density at radius 3 is 2.48 bits per heavy atom. The number of fused-ring (bicyclic) bond motifs is 2. The van der Waals surface area contributed by atoms with Crippen LogP contribution < -0.4 is 35.0 Å². The molecule has 0 radical (unpaired) electrons. The Bertz CT molecular complexity index is 3630. The number of halogens is 1. The number of allylic oxidation sites excluding steroid dienone is 1. The number of imide groups is 1. The van der Waals surface area contributed by atoms with Crippen LogP contribution in [0.15, 0.2) is 114 Å². The van der Waals surface area contributed by atoms with Crippen molar-refractivity contribution in [1.82, 2.24) is 35.1 Å². The first-order valence-electron chi connectivity index (χ1n) is 28.3. The van der Waals surface area contributed by atoms with Gasteiger partial charge in [-0.3, -0.25) is 39.5 Å². The third kappa shape index (κ3) is 13.0. The number of pyridine rings is 1. The maximum Gasteiger partial charge on any atom is 0.293 e. The Kier molecular flexibility index (Phi) is 16.6. The van der Waals surface area contributed by atoms with Crippen LogP contribution in [0.2, 0.25) is 5.02 Å². The molecule has 4 amide bonds. The molecule has 5 heterocycles. The summed E-state index contributed by atoms with van der Waals surface area (Å²) >= 11 is 6.27. The highest BCUT2D eigenvalue weighted by Gasteiger charge is 2.40. The number of hydrogen-bond acceptors (Lipinski definition) is 15. The lowest BCUT2D eigenvalue weighted by molar-refractivity contribution is -0.384. The van der Waals surface area contributed by atoms with Gasteiger partial charge in [-0.25, -0.2) is 18.1 Å². The SMILES string of the molecule is CC1(C)CCC(CN2CCN(c3ccc(C(=O)NS(=O)(=O)c4ccc(NC[C@H]5CC[C@@H](NCCOc6cccc7c6CN(C6CCC(=O)NC6=O)C7=O)CC5)c([N+](=O)[O-])c4)c(Oc4cnc5[nH]ccc5c4)c3)CC2)=C(c2ccc(Cl)cc2)C1. The summed E-state index contributed by atoms with van der Waals surface area (Å²) in [5.74, 6) is -0.835. The molecule has 5 aliphatic rings. The van der Waals surface area contributed by atoms with Crippen molar-refractivity contribution in [3.63, 3.8) is 0 Å². The Hall–Kier alpha value is -7.85. The van der Waals surface area contributed by atoms with Crippen LogP contribution in [0.1, 0.15) is 103 Å². The number of piperidine rings is 1. The standard InChI is InChI=1S/C61H67ClN10O10S/c1-61(2)22-20-41(49(33-61)39-8-10-42(62)11-9-39)36-69-25-27-70(28-26-69)44-14-16-48(55(31-44)82-45-30-40-21-23-64-57(40)66-35-45)58(74)68-83(79,80)46-15-17-51(53(32-46)72(77)78)65-34-38-6-12-43(13-7-38)63-24-29-81-54-5-3-4-47-50(54)37-71(60(47)76)52-18-19-56(73)67-59(52)75/h3-5,8-11,14-17,21,23,30-32,35,38,43,52,63,65H,6-7,12-13,18-20,22,24-29,33-34,36-37H2,1-2H3,(H,64,66)(H,68,74)(H,67,73,75)/t38-,43+,52?. The van der Waals surface area contributed by atoms with Gasteiger partial charge in [0, 0.05) is 104 Å². The minimum Gasteiger partial charge on any atom is -0.492 e. The number of ether oxygens (including phenoxy) is 2. The molecule has 0 bridgehead atoms. The number of nitro groups is 1. The third-order valence-electron chi connectivity index (χ3n) is 16.8. The Morgan fingerprint density at radius 2 is 1.71 bits per heavy atom. The zero-order valence-electron chi connectivity index (χ0n) is 46.4. The normalized spacial score (nSPS) is 20.3. The first kappa shape index (κ1) is 57.0. The summed E-state index contributed by atoms with van der Waals surface area (Å²) in [6.45, 7) is 10.1. The van der Waals surface area contributed by atoms with Crippen molar-refractivity contribution >= 4 is 78.9 Å². The molecular weight excluding hydrogens is 1100 g/mol. The second kappa shape index (κ2) is 24.2. The van der Waals surface area contributed by atoms with Gasteiger partial charge in [0.2, 0.25) is 11.8 Å². The molecule has 1 atom stereocenters. The number of nitro benzene ring substituents is 1. The Labute approximate surface area is 486 Å². The minimum absolute atomic E-state index is 0.0616. The highest BCUT2D eigenvalue weighted by molar-refractivity contribution is 7.90. The van der Waals surface area contributed by atoms with E-state index >= 15 is 0 Å². The van der Waals surface area contributed by atoms with E-state index in [-0.39, 0.29) is 65.6 Å². The summed E-state index contributed by atoms with van der Waals surface area (Å²) in [6, 6.07) is 25.1. The molecular formula is C61H67ClN10O10S. The molecule has 434 valence electrons. The highest BCUT2D eigenvalue weighted by Crippen LogP contribution is 2.44. The summed E-state index contributed by atoms with van der Waals surface area (Å²) < 4.78 is 42.6. The Balaban J connectivity index is 0.693. The molecule has 3 fully saturated rings. The average molecular weight is 1170 g/mol. The molecule has 3 aliphatic heterocycles.